The number of aryl methyl sites for hydroxylation is 1. The molecule has 0 amide bonds. The van der Waals surface area contributed by atoms with Crippen molar-refractivity contribution >= 4 is 27.3 Å². The molecule has 0 aliphatic rings. The van der Waals surface area contributed by atoms with Crippen LogP contribution in [0.3, 0.4) is 0 Å². The molecular weight excluding hydrogens is 286 g/mol. The first kappa shape index (κ1) is 16.1. The summed E-state index contributed by atoms with van der Waals surface area (Å²) < 4.78 is 26.8. The molecule has 1 rings (SSSR count). The number of rotatable bonds is 5. The fraction of sp³-hybridized carbons (Fsp3) is 0.583. The Bertz CT molecular complexity index is 567. The first-order valence-electron chi connectivity index (χ1n) is 5.85. The quantitative estimate of drug-likeness (QED) is 0.875. The number of sulfonamides is 1. The van der Waals surface area contributed by atoms with Crippen LogP contribution in [0.2, 0.25) is 0 Å². The van der Waals surface area contributed by atoms with Gasteiger partial charge in [-0.2, -0.15) is 0 Å². The van der Waals surface area contributed by atoms with Gasteiger partial charge in [-0.05, 0) is 29.7 Å². The molecule has 0 bridgehead atoms. The van der Waals surface area contributed by atoms with Gasteiger partial charge in [0.15, 0.2) is 0 Å². The molecule has 1 heterocycles. The van der Waals surface area contributed by atoms with E-state index in [4.69, 9.17) is 5.11 Å². The predicted molar refractivity (Wildman–Crippen MR) is 75.3 cm³/mol. The van der Waals surface area contributed by atoms with Crippen LogP contribution in [0, 0.1) is 12.3 Å². The maximum Gasteiger partial charge on any atom is 0.347 e. The second-order valence-electron chi connectivity index (χ2n) is 5.59. The van der Waals surface area contributed by atoms with Gasteiger partial charge in [-0.3, -0.25) is 0 Å². The van der Waals surface area contributed by atoms with Gasteiger partial charge in [-0.15, -0.1) is 11.3 Å². The van der Waals surface area contributed by atoms with Crippen molar-refractivity contribution in [3.63, 3.8) is 0 Å². The van der Waals surface area contributed by atoms with Crippen LogP contribution in [-0.2, 0) is 10.0 Å². The van der Waals surface area contributed by atoms with E-state index in [1.165, 1.54) is 0 Å². The monoisotopic (exact) mass is 305 g/mol. The number of carboxylic acid groups (broad SMARTS) is 1. The Kier molecular flexibility index (Phi) is 4.76. The van der Waals surface area contributed by atoms with Crippen molar-refractivity contribution in [1.82, 2.24) is 4.72 Å². The Hall–Kier alpha value is -0.920. The van der Waals surface area contributed by atoms with Crippen molar-refractivity contribution in [1.29, 1.82) is 0 Å². The summed E-state index contributed by atoms with van der Waals surface area (Å²) in [6, 6.07) is 0. The van der Waals surface area contributed by atoms with Crippen LogP contribution in [-0.4, -0.2) is 26.0 Å². The lowest BCUT2D eigenvalue weighted by molar-refractivity contribution is 0.0698. The fourth-order valence-corrected chi connectivity index (χ4v) is 4.21. The van der Waals surface area contributed by atoms with Crippen molar-refractivity contribution in [2.24, 2.45) is 5.41 Å². The van der Waals surface area contributed by atoms with E-state index in [0.29, 0.717) is 18.5 Å². The third-order valence-corrected chi connectivity index (χ3v) is 5.41. The van der Waals surface area contributed by atoms with Crippen LogP contribution in [0.25, 0.3) is 0 Å². The van der Waals surface area contributed by atoms with Crippen LogP contribution >= 0.6 is 11.3 Å². The minimum atomic E-state index is -3.77. The predicted octanol–water partition coefficient (Wildman–Crippen LogP) is 2.47. The first-order valence-corrected chi connectivity index (χ1v) is 8.22. The largest absolute Gasteiger partial charge is 0.477 e. The van der Waals surface area contributed by atoms with E-state index in [1.54, 1.807) is 12.3 Å². The Morgan fingerprint density at radius 2 is 2.00 bits per heavy atom. The van der Waals surface area contributed by atoms with Crippen molar-refractivity contribution in [2.75, 3.05) is 6.54 Å². The average Bonchev–Trinajstić information content (AvgIpc) is 2.58. The highest BCUT2D eigenvalue weighted by atomic mass is 32.2. The highest BCUT2D eigenvalue weighted by Crippen LogP contribution is 2.27. The summed E-state index contributed by atoms with van der Waals surface area (Å²) in [5, 5.41) is 10.6. The standard InChI is InChI=1S/C12H19NO4S2/c1-8-7-18-9(11(14)15)10(8)19(16,17)13-6-5-12(2,3)4/h7,13H,5-6H2,1-4H3,(H,14,15). The molecule has 1 aromatic rings. The van der Waals surface area contributed by atoms with Crippen LogP contribution in [0.15, 0.2) is 10.3 Å². The SMILES string of the molecule is Cc1csc(C(=O)O)c1S(=O)(=O)NCCC(C)(C)C. The second-order valence-corrected chi connectivity index (χ2v) is 8.17. The molecule has 108 valence electrons. The van der Waals surface area contributed by atoms with Gasteiger partial charge in [0.2, 0.25) is 10.0 Å². The molecular formula is C12H19NO4S2. The summed E-state index contributed by atoms with van der Waals surface area (Å²) >= 11 is 0.931. The first-order chi connectivity index (χ1) is 8.54. The van der Waals surface area contributed by atoms with Crippen molar-refractivity contribution in [2.45, 2.75) is 39.0 Å². The minimum Gasteiger partial charge on any atom is -0.477 e. The molecule has 0 unspecified atom stereocenters. The molecule has 0 saturated heterocycles. The number of carbonyl (C=O) groups is 1. The van der Waals surface area contributed by atoms with Crippen LogP contribution in [0.5, 0.6) is 0 Å². The van der Waals surface area contributed by atoms with E-state index >= 15 is 0 Å². The Balaban J connectivity index is 2.95. The smallest absolute Gasteiger partial charge is 0.347 e. The lowest BCUT2D eigenvalue weighted by atomic mass is 9.93. The molecule has 5 nitrogen and oxygen atoms in total. The zero-order chi connectivity index (χ0) is 14.8. The Morgan fingerprint density at radius 1 is 1.42 bits per heavy atom. The zero-order valence-corrected chi connectivity index (χ0v) is 13.1. The van der Waals surface area contributed by atoms with E-state index in [-0.39, 0.29) is 15.2 Å². The molecule has 0 aromatic carbocycles. The van der Waals surface area contributed by atoms with Gasteiger partial charge in [0.05, 0.1) is 0 Å². The van der Waals surface area contributed by atoms with Crippen molar-refractivity contribution in [3.8, 4) is 0 Å². The van der Waals surface area contributed by atoms with Gasteiger partial charge < -0.3 is 5.11 Å². The number of thiophene rings is 1. The van der Waals surface area contributed by atoms with Gasteiger partial charge in [-0.1, -0.05) is 20.8 Å². The van der Waals surface area contributed by atoms with Gasteiger partial charge in [0.25, 0.3) is 0 Å². The normalized spacial score (nSPS) is 12.6. The Labute approximate surface area is 117 Å². The van der Waals surface area contributed by atoms with Crippen LogP contribution in [0.4, 0.5) is 0 Å². The molecule has 19 heavy (non-hydrogen) atoms. The van der Waals surface area contributed by atoms with E-state index in [0.717, 1.165) is 11.3 Å². The second kappa shape index (κ2) is 5.60. The van der Waals surface area contributed by atoms with Crippen molar-refractivity contribution < 1.29 is 18.3 Å². The molecule has 0 saturated carbocycles. The van der Waals surface area contributed by atoms with E-state index < -0.39 is 16.0 Å². The number of carboxylic acids is 1. The molecule has 7 heteroatoms. The van der Waals surface area contributed by atoms with Crippen LogP contribution < -0.4 is 4.72 Å². The fourth-order valence-electron chi connectivity index (χ4n) is 1.55. The van der Waals surface area contributed by atoms with Gasteiger partial charge in [0, 0.05) is 6.54 Å². The molecule has 2 N–H and O–H groups in total. The summed E-state index contributed by atoms with van der Waals surface area (Å²) in [5.41, 5.74) is 0.479. The summed E-state index contributed by atoms with van der Waals surface area (Å²) in [5.74, 6) is -1.21. The maximum absolute atomic E-state index is 12.2. The summed E-state index contributed by atoms with van der Waals surface area (Å²) in [6.45, 7) is 7.93. The summed E-state index contributed by atoms with van der Waals surface area (Å²) in [6.07, 6.45) is 0.678. The molecule has 0 aliphatic heterocycles. The zero-order valence-electron chi connectivity index (χ0n) is 11.5. The lowest BCUT2D eigenvalue weighted by Crippen LogP contribution is -2.28. The summed E-state index contributed by atoms with van der Waals surface area (Å²) in [7, 11) is -3.77. The van der Waals surface area contributed by atoms with Crippen LogP contribution in [0.1, 0.15) is 42.4 Å². The highest BCUT2D eigenvalue weighted by molar-refractivity contribution is 7.89. The van der Waals surface area contributed by atoms with Crippen molar-refractivity contribution in [3.05, 3.63) is 15.8 Å². The van der Waals surface area contributed by atoms with Gasteiger partial charge in [0.1, 0.15) is 9.77 Å². The number of hydrogen-bond donors (Lipinski definition) is 2. The van der Waals surface area contributed by atoms with Gasteiger partial charge in [-0.25, -0.2) is 17.9 Å². The van der Waals surface area contributed by atoms with E-state index in [2.05, 4.69) is 4.72 Å². The molecule has 0 fully saturated rings. The summed E-state index contributed by atoms with van der Waals surface area (Å²) in [4.78, 5) is 10.8. The average molecular weight is 305 g/mol. The molecule has 0 spiro atoms. The molecule has 0 aliphatic carbocycles. The Morgan fingerprint density at radius 3 is 2.47 bits per heavy atom. The highest BCUT2D eigenvalue weighted by Gasteiger charge is 2.26. The number of aromatic carboxylic acids is 1. The maximum atomic E-state index is 12.2. The lowest BCUT2D eigenvalue weighted by Gasteiger charge is -2.18. The van der Waals surface area contributed by atoms with E-state index in [9.17, 15) is 13.2 Å². The molecule has 0 atom stereocenters. The number of hydrogen-bond acceptors (Lipinski definition) is 4. The van der Waals surface area contributed by atoms with E-state index in [1.807, 2.05) is 20.8 Å². The molecule has 1 aromatic heterocycles. The topological polar surface area (TPSA) is 83.5 Å². The van der Waals surface area contributed by atoms with Gasteiger partial charge >= 0.3 is 5.97 Å². The number of nitrogens with one attached hydrogen (secondary N) is 1. The third kappa shape index (κ3) is 4.29. The minimum absolute atomic E-state index is 0.0157. The molecule has 0 radical (unpaired) electrons. The third-order valence-electron chi connectivity index (χ3n) is 2.55.